The number of sulfonamides is 1. The first-order valence-corrected chi connectivity index (χ1v) is 7.28. The van der Waals surface area contributed by atoms with E-state index in [0.717, 1.165) is 0 Å². The van der Waals surface area contributed by atoms with Crippen LogP contribution in [0.25, 0.3) is 0 Å². The average Bonchev–Trinajstić information content (AvgIpc) is 2.27. The molecule has 0 atom stereocenters. The van der Waals surface area contributed by atoms with Crippen molar-refractivity contribution in [2.75, 3.05) is 24.7 Å². The molecule has 1 rings (SSSR count). The van der Waals surface area contributed by atoms with Crippen LogP contribution in [-0.2, 0) is 10.0 Å². The lowest BCUT2D eigenvalue weighted by Gasteiger charge is -2.12. The second-order valence-electron chi connectivity index (χ2n) is 4.03. The highest BCUT2D eigenvalue weighted by Crippen LogP contribution is 2.19. The van der Waals surface area contributed by atoms with Gasteiger partial charge in [-0.2, -0.15) is 0 Å². The molecule has 1 aromatic heterocycles. The van der Waals surface area contributed by atoms with Crippen molar-refractivity contribution >= 4 is 21.7 Å². The molecule has 0 aliphatic carbocycles. The number of hydrogen-bond acceptors (Lipinski definition) is 5. The van der Waals surface area contributed by atoms with E-state index in [1.807, 2.05) is 0 Å². The number of hydrogen-bond donors (Lipinski definition) is 3. The lowest BCUT2D eigenvalue weighted by molar-refractivity contribution is 0.0696. The van der Waals surface area contributed by atoms with Gasteiger partial charge in [-0.15, -0.1) is 0 Å². The van der Waals surface area contributed by atoms with Gasteiger partial charge in [-0.1, -0.05) is 0 Å². The zero-order valence-electron chi connectivity index (χ0n) is 11.0. The van der Waals surface area contributed by atoms with Gasteiger partial charge in [0.15, 0.2) is 0 Å². The fourth-order valence-electron chi connectivity index (χ4n) is 1.66. The Labute approximate surface area is 112 Å². The Morgan fingerprint density at radius 1 is 1.42 bits per heavy atom. The molecule has 0 fully saturated rings. The summed E-state index contributed by atoms with van der Waals surface area (Å²) in [4.78, 5) is 15.2. The van der Waals surface area contributed by atoms with Crippen molar-refractivity contribution in [2.24, 2.45) is 0 Å². The monoisotopic (exact) mass is 287 g/mol. The maximum Gasteiger partial charge on any atom is 0.339 e. The van der Waals surface area contributed by atoms with Crippen molar-refractivity contribution in [2.45, 2.75) is 13.8 Å². The molecule has 0 aliphatic heterocycles. The van der Waals surface area contributed by atoms with Crippen LogP contribution in [0.1, 0.15) is 21.7 Å². The van der Waals surface area contributed by atoms with Crippen LogP contribution >= 0.6 is 0 Å². The molecule has 0 bridgehead atoms. The summed E-state index contributed by atoms with van der Waals surface area (Å²) in [6.07, 6.45) is 0. The van der Waals surface area contributed by atoms with Gasteiger partial charge in [-0.25, -0.2) is 17.9 Å². The quantitative estimate of drug-likeness (QED) is 0.697. The summed E-state index contributed by atoms with van der Waals surface area (Å²) >= 11 is 0. The zero-order chi connectivity index (χ0) is 14.6. The molecule has 0 aliphatic rings. The van der Waals surface area contributed by atoms with Crippen LogP contribution in [0.15, 0.2) is 6.07 Å². The molecular weight excluding hydrogens is 270 g/mol. The largest absolute Gasteiger partial charge is 0.478 e. The van der Waals surface area contributed by atoms with Gasteiger partial charge in [-0.3, -0.25) is 4.98 Å². The lowest BCUT2D eigenvalue weighted by atomic mass is 10.1. The number of rotatable bonds is 6. The highest BCUT2D eigenvalue weighted by Gasteiger charge is 2.15. The summed E-state index contributed by atoms with van der Waals surface area (Å²) in [6.45, 7) is 3.46. The third kappa shape index (κ3) is 4.18. The fraction of sp³-hybridized carbons (Fsp3) is 0.455. The first kappa shape index (κ1) is 15.4. The minimum absolute atomic E-state index is 0.0625. The number of carboxylic acid groups (broad SMARTS) is 1. The van der Waals surface area contributed by atoms with E-state index in [1.54, 1.807) is 19.9 Å². The van der Waals surface area contributed by atoms with Crippen LogP contribution in [0, 0.1) is 13.8 Å². The number of pyridine rings is 1. The molecule has 7 nitrogen and oxygen atoms in total. The molecule has 0 spiro atoms. The summed E-state index contributed by atoms with van der Waals surface area (Å²) < 4.78 is 24.7. The van der Waals surface area contributed by atoms with E-state index >= 15 is 0 Å². The molecule has 0 aromatic carbocycles. The third-order valence-electron chi connectivity index (χ3n) is 2.54. The van der Waals surface area contributed by atoms with Crippen molar-refractivity contribution < 1.29 is 18.3 Å². The predicted octanol–water partition coefficient (Wildman–Crippen LogP) is 0.358. The van der Waals surface area contributed by atoms with Gasteiger partial charge >= 0.3 is 5.97 Å². The minimum atomic E-state index is -3.32. The highest BCUT2D eigenvalue weighted by molar-refractivity contribution is 7.89. The van der Waals surface area contributed by atoms with Crippen molar-refractivity contribution in [1.82, 2.24) is 9.71 Å². The molecule has 3 N–H and O–H groups in total. The first-order chi connectivity index (χ1) is 8.76. The molecule has 19 heavy (non-hydrogen) atoms. The standard InChI is InChI=1S/C11H17N3O4S/c1-7-6-9(10(11(15)16)8(2)14-7)13-4-5-19(17,18)12-3/h6,12H,4-5H2,1-3H3,(H,13,14)(H,15,16). The van der Waals surface area contributed by atoms with Crippen LogP contribution in [0.3, 0.4) is 0 Å². The topological polar surface area (TPSA) is 108 Å². The molecule has 0 saturated carbocycles. The van der Waals surface area contributed by atoms with E-state index < -0.39 is 16.0 Å². The predicted molar refractivity (Wildman–Crippen MR) is 72.0 cm³/mol. The fourth-order valence-corrected chi connectivity index (χ4v) is 2.24. The van der Waals surface area contributed by atoms with Gasteiger partial charge in [-0.05, 0) is 27.0 Å². The first-order valence-electron chi connectivity index (χ1n) is 5.63. The van der Waals surface area contributed by atoms with E-state index in [9.17, 15) is 13.2 Å². The molecule has 106 valence electrons. The van der Waals surface area contributed by atoms with Gasteiger partial charge < -0.3 is 10.4 Å². The molecular formula is C11H17N3O4S. The Morgan fingerprint density at radius 2 is 2.05 bits per heavy atom. The van der Waals surface area contributed by atoms with Gasteiger partial charge in [0.05, 0.1) is 17.1 Å². The summed E-state index contributed by atoms with van der Waals surface area (Å²) in [6, 6.07) is 1.59. The second kappa shape index (κ2) is 5.98. The van der Waals surface area contributed by atoms with E-state index in [4.69, 9.17) is 5.11 Å². The maximum atomic E-state index is 11.3. The highest BCUT2D eigenvalue weighted by atomic mass is 32.2. The van der Waals surface area contributed by atoms with Crippen LogP contribution in [0.2, 0.25) is 0 Å². The number of carbonyl (C=O) groups is 1. The zero-order valence-corrected chi connectivity index (χ0v) is 11.8. The number of carboxylic acids is 1. The average molecular weight is 287 g/mol. The Hall–Kier alpha value is -1.67. The van der Waals surface area contributed by atoms with Crippen molar-refractivity contribution in [3.05, 3.63) is 23.0 Å². The van der Waals surface area contributed by atoms with Crippen molar-refractivity contribution in [3.8, 4) is 0 Å². The molecule has 0 saturated heterocycles. The number of aryl methyl sites for hydroxylation is 2. The number of aromatic nitrogens is 1. The molecule has 0 unspecified atom stereocenters. The van der Waals surface area contributed by atoms with Crippen LogP contribution in [-0.4, -0.2) is 43.8 Å². The van der Waals surface area contributed by atoms with Gasteiger partial charge in [0.25, 0.3) is 0 Å². The van der Waals surface area contributed by atoms with Crippen LogP contribution < -0.4 is 10.0 Å². The number of nitrogens with one attached hydrogen (secondary N) is 2. The van der Waals surface area contributed by atoms with Gasteiger partial charge in [0.1, 0.15) is 5.56 Å². The summed E-state index contributed by atoms with van der Waals surface area (Å²) in [5.41, 5.74) is 1.50. The number of aromatic carboxylic acids is 1. The number of nitrogens with zero attached hydrogens (tertiary/aromatic N) is 1. The SMILES string of the molecule is CNS(=O)(=O)CCNc1cc(C)nc(C)c1C(=O)O. The Kier molecular flexibility index (Phi) is 4.84. The minimum Gasteiger partial charge on any atom is -0.478 e. The Morgan fingerprint density at radius 3 is 2.58 bits per heavy atom. The van der Waals surface area contributed by atoms with E-state index in [-0.39, 0.29) is 17.9 Å². The summed E-state index contributed by atoms with van der Waals surface area (Å²) in [5.74, 6) is -1.23. The molecule has 8 heteroatoms. The molecule has 0 amide bonds. The van der Waals surface area contributed by atoms with Crippen LogP contribution in [0.4, 0.5) is 5.69 Å². The molecule has 1 aromatic rings. The summed E-state index contributed by atoms with van der Waals surface area (Å²) in [7, 11) is -1.99. The van der Waals surface area contributed by atoms with E-state index in [2.05, 4.69) is 15.0 Å². The normalized spacial score (nSPS) is 11.3. The number of anilines is 1. The Bertz CT molecular complexity index is 584. The lowest BCUT2D eigenvalue weighted by Crippen LogP contribution is -2.26. The van der Waals surface area contributed by atoms with Crippen molar-refractivity contribution in [3.63, 3.8) is 0 Å². The van der Waals surface area contributed by atoms with Gasteiger partial charge in [0.2, 0.25) is 10.0 Å². The molecule has 0 radical (unpaired) electrons. The Balaban J connectivity index is 2.92. The van der Waals surface area contributed by atoms with Crippen LogP contribution in [0.5, 0.6) is 0 Å². The van der Waals surface area contributed by atoms with E-state index in [1.165, 1.54) is 7.05 Å². The second-order valence-corrected chi connectivity index (χ2v) is 6.07. The maximum absolute atomic E-state index is 11.3. The van der Waals surface area contributed by atoms with Crippen molar-refractivity contribution in [1.29, 1.82) is 0 Å². The molecule has 1 heterocycles. The third-order valence-corrected chi connectivity index (χ3v) is 3.90. The van der Waals surface area contributed by atoms with Gasteiger partial charge in [0, 0.05) is 12.2 Å². The summed E-state index contributed by atoms with van der Waals surface area (Å²) in [5, 5.41) is 12.0. The van der Waals surface area contributed by atoms with E-state index in [0.29, 0.717) is 17.1 Å². The smallest absolute Gasteiger partial charge is 0.339 e.